The van der Waals surface area contributed by atoms with E-state index < -0.39 is 0 Å². The number of ether oxygens (including phenoxy) is 5. The number of benzene rings is 3. The zero-order valence-electron chi connectivity index (χ0n) is 21.6. The van der Waals surface area contributed by atoms with E-state index in [0.717, 1.165) is 34.4 Å². The summed E-state index contributed by atoms with van der Waals surface area (Å²) in [6.45, 7) is 4.65. The number of rotatable bonds is 8. The van der Waals surface area contributed by atoms with Gasteiger partial charge < -0.3 is 28.6 Å². The molecule has 0 bridgehead atoms. The van der Waals surface area contributed by atoms with Crippen molar-refractivity contribution in [3.05, 3.63) is 71.8 Å². The van der Waals surface area contributed by atoms with E-state index in [1.54, 1.807) is 35.5 Å². The molecule has 0 unspecified atom stereocenters. The molecule has 4 rings (SSSR count). The van der Waals surface area contributed by atoms with Crippen LogP contribution in [0, 0.1) is 11.8 Å². The van der Waals surface area contributed by atoms with Gasteiger partial charge in [-0.2, -0.15) is 0 Å². The number of methoxy groups -OCH3 is 5. The molecule has 1 fully saturated rings. The molecule has 0 saturated carbocycles. The molecule has 1 heterocycles. The van der Waals surface area contributed by atoms with Gasteiger partial charge in [0, 0.05) is 5.69 Å². The van der Waals surface area contributed by atoms with Crippen molar-refractivity contribution in [2.75, 3.05) is 40.4 Å². The van der Waals surface area contributed by atoms with Crippen molar-refractivity contribution in [1.29, 1.82) is 0 Å². The lowest BCUT2D eigenvalue weighted by Crippen LogP contribution is -2.28. The van der Waals surface area contributed by atoms with Crippen molar-refractivity contribution in [1.82, 2.24) is 0 Å². The molecule has 0 spiro atoms. The largest absolute Gasteiger partial charge is 0.497 e. The first kappa shape index (κ1) is 24.6. The van der Waals surface area contributed by atoms with E-state index >= 15 is 0 Å². The van der Waals surface area contributed by atoms with Gasteiger partial charge in [0.1, 0.15) is 5.75 Å². The summed E-state index contributed by atoms with van der Waals surface area (Å²) in [4.78, 5) is 2.51. The molecular formula is C29H35NO5. The van der Waals surface area contributed by atoms with Crippen LogP contribution in [0.1, 0.15) is 37.1 Å². The average Bonchev–Trinajstić information content (AvgIpc) is 3.17. The maximum absolute atomic E-state index is 5.65. The first-order valence-electron chi connectivity index (χ1n) is 11.8. The van der Waals surface area contributed by atoms with Crippen LogP contribution in [0.2, 0.25) is 0 Å². The van der Waals surface area contributed by atoms with Crippen LogP contribution in [0.5, 0.6) is 28.7 Å². The van der Waals surface area contributed by atoms with E-state index in [9.17, 15) is 0 Å². The van der Waals surface area contributed by atoms with Gasteiger partial charge >= 0.3 is 0 Å². The Kier molecular flexibility index (Phi) is 7.29. The Labute approximate surface area is 208 Å². The highest BCUT2D eigenvalue weighted by molar-refractivity contribution is 5.58. The van der Waals surface area contributed by atoms with Crippen molar-refractivity contribution in [2.45, 2.75) is 25.9 Å². The number of hydrogen-bond acceptors (Lipinski definition) is 6. The summed E-state index contributed by atoms with van der Waals surface area (Å²) in [7, 11) is 8.36. The van der Waals surface area contributed by atoms with Crippen LogP contribution in [0.25, 0.3) is 0 Å². The fraction of sp³-hybridized carbons (Fsp3) is 0.379. The smallest absolute Gasteiger partial charge is 0.161 e. The minimum atomic E-state index is 0.122. The molecule has 3 aromatic rings. The molecule has 186 valence electrons. The molecule has 0 aliphatic carbocycles. The second-order valence-corrected chi connectivity index (χ2v) is 8.94. The van der Waals surface area contributed by atoms with Crippen molar-refractivity contribution >= 4 is 5.69 Å². The van der Waals surface area contributed by atoms with Crippen LogP contribution in [0.4, 0.5) is 5.69 Å². The van der Waals surface area contributed by atoms with E-state index in [4.69, 9.17) is 23.7 Å². The van der Waals surface area contributed by atoms with E-state index in [-0.39, 0.29) is 12.1 Å². The molecule has 6 nitrogen and oxygen atoms in total. The lowest BCUT2D eigenvalue weighted by molar-refractivity contribution is 0.352. The Morgan fingerprint density at radius 1 is 0.514 bits per heavy atom. The summed E-state index contributed by atoms with van der Waals surface area (Å²) in [5, 5.41) is 0. The quantitative estimate of drug-likeness (QED) is 0.379. The molecular weight excluding hydrogens is 442 g/mol. The molecule has 1 aliphatic rings. The summed E-state index contributed by atoms with van der Waals surface area (Å²) >= 11 is 0. The van der Waals surface area contributed by atoms with Gasteiger partial charge in [0.05, 0.1) is 47.6 Å². The van der Waals surface area contributed by atoms with Gasteiger partial charge in [-0.05, 0) is 71.5 Å². The SMILES string of the molecule is COc1ccc(N2[C@H](c3ccc(OC)c(OC)c3)[C@@H](C)[C@H](C)[C@@H]2c2ccc(OC)c(OC)c2)cc1. The second kappa shape index (κ2) is 10.4. The summed E-state index contributed by atoms with van der Waals surface area (Å²) in [6.07, 6.45) is 0. The standard InChI is InChI=1S/C29H35NO5/c1-18-19(2)29(21-9-15-25(33-5)27(17-21)35-7)30(22-10-12-23(31-3)13-11-22)28(18)20-8-14-24(32-4)26(16-20)34-6/h8-19,28-29H,1-7H3/t18-,19-,28-,29+/m0/s1. The van der Waals surface area contributed by atoms with Crippen molar-refractivity contribution in [3.63, 3.8) is 0 Å². The third kappa shape index (κ3) is 4.45. The summed E-state index contributed by atoms with van der Waals surface area (Å²) < 4.78 is 27.7. The van der Waals surface area contributed by atoms with E-state index in [1.165, 1.54) is 11.1 Å². The van der Waals surface area contributed by atoms with E-state index in [2.05, 4.69) is 55.1 Å². The fourth-order valence-corrected chi connectivity index (χ4v) is 5.33. The van der Waals surface area contributed by atoms with Crippen LogP contribution in [0.15, 0.2) is 60.7 Å². The lowest BCUT2D eigenvalue weighted by Gasteiger charge is -2.35. The van der Waals surface area contributed by atoms with Crippen molar-refractivity contribution < 1.29 is 23.7 Å². The van der Waals surface area contributed by atoms with Crippen LogP contribution < -0.4 is 28.6 Å². The van der Waals surface area contributed by atoms with Gasteiger partial charge in [0.25, 0.3) is 0 Å². The van der Waals surface area contributed by atoms with E-state index in [1.807, 2.05) is 24.3 Å². The molecule has 0 amide bonds. The first-order valence-corrected chi connectivity index (χ1v) is 11.8. The third-order valence-corrected chi connectivity index (χ3v) is 7.29. The van der Waals surface area contributed by atoms with Crippen LogP contribution in [-0.4, -0.2) is 35.5 Å². The normalized spacial score (nSPS) is 21.5. The van der Waals surface area contributed by atoms with Gasteiger partial charge in [-0.25, -0.2) is 0 Å². The maximum Gasteiger partial charge on any atom is 0.161 e. The summed E-state index contributed by atoms with van der Waals surface area (Å²) in [5.74, 6) is 4.45. The van der Waals surface area contributed by atoms with E-state index in [0.29, 0.717) is 11.8 Å². The molecule has 1 aliphatic heterocycles. The Balaban J connectivity index is 1.87. The zero-order chi connectivity index (χ0) is 25.1. The molecule has 6 heteroatoms. The first-order chi connectivity index (χ1) is 17.0. The van der Waals surface area contributed by atoms with Gasteiger partial charge in [0.15, 0.2) is 23.0 Å². The second-order valence-electron chi connectivity index (χ2n) is 8.94. The monoisotopic (exact) mass is 477 g/mol. The molecule has 4 atom stereocenters. The molecule has 1 saturated heterocycles. The minimum Gasteiger partial charge on any atom is -0.497 e. The van der Waals surface area contributed by atoms with Crippen molar-refractivity contribution in [3.8, 4) is 28.7 Å². The maximum atomic E-state index is 5.65. The number of hydrogen-bond donors (Lipinski definition) is 0. The average molecular weight is 478 g/mol. The van der Waals surface area contributed by atoms with Crippen LogP contribution in [0.3, 0.4) is 0 Å². The lowest BCUT2D eigenvalue weighted by atomic mass is 9.85. The number of anilines is 1. The van der Waals surface area contributed by atoms with Gasteiger partial charge in [-0.3, -0.25) is 0 Å². The molecule has 35 heavy (non-hydrogen) atoms. The predicted octanol–water partition coefficient (Wildman–Crippen LogP) is 6.30. The minimum absolute atomic E-state index is 0.122. The Morgan fingerprint density at radius 2 is 0.943 bits per heavy atom. The third-order valence-electron chi connectivity index (χ3n) is 7.29. The Morgan fingerprint density at radius 3 is 1.31 bits per heavy atom. The predicted molar refractivity (Wildman–Crippen MR) is 138 cm³/mol. The highest BCUT2D eigenvalue weighted by Crippen LogP contribution is 2.54. The van der Waals surface area contributed by atoms with Gasteiger partial charge in [-0.1, -0.05) is 26.0 Å². The summed E-state index contributed by atoms with van der Waals surface area (Å²) in [5.41, 5.74) is 3.49. The topological polar surface area (TPSA) is 49.4 Å². The Hall–Kier alpha value is -3.54. The van der Waals surface area contributed by atoms with Crippen LogP contribution in [-0.2, 0) is 0 Å². The van der Waals surface area contributed by atoms with Crippen molar-refractivity contribution in [2.24, 2.45) is 11.8 Å². The zero-order valence-corrected chi connectivity index (χ0v) is 21.6. The highest BCUT2D eigenvalue weighted by Gasteiger charge is 2.46. The van der Waals surface area contributed by atoms with Gasteiger partial charge in [-0.15, -0.1) is 0 Å². The van der Waals surface area contributed by atoms with Gasteiger partial charge in [0.2, 0.25) is 0 Å². The molecule has 3 aromatic carbocycles. The molecule has 0 aromatic heterocycles. The highest BCUT2D eigenvalue weighted by atomic mass is 16.5. The van der Waals surface area contributed by atoms with Crippen LogP contribution >= 0.6 is 0 Å². The Bertz CT molecular complexity index is 1080. The molecule has 0 radical (unpaired) electrons. The number of nitrogens with zero attached hydrogens (tertiary/aromatic N) is 1. The summed E-state index contributed by atoms with van der Waals surface area (Å²) in [6, 6.07) is 21.0. The molecule has 0 N–H and O–H groups in total. The fourth-order valence-electron chi connectivity index (χ4n) is 5.33.